The molecule has 16 heavy (non-hydrogen) atoms. The second kappa shape index (κ2) is 5.28. The number of nitrogens with zero attached hydrogens (tertiary/aromatic N) is 1. The van der Waals surface area contributed by atoms with Gasteiger partial charge < -0.3 is 5.32 Å². The molecule has 1 aliphatic carbocycles. The largest absolute Gasteiger partial charge is 0.314 e. The van der Waals surface area contributed by atoms with E-state index < -0.39 is 0 Å². The van der Waals surface area contributed by atoms with Crippen LogP contribution >= 0.6 is 11.3 Å². The number of hydrogen-bond donors (Lipinski definition) is 1. The number of aromatic nitrogens is 1. The molecular formula is C13H22N2S. The first-order valence-corrected chi connectivity index (χ1v) is 7.23. The van der Waals surface area contributed by atoms with Gasteiger partial charge >= 0.3 is 0 Å². The van der Waals surface area contributed by atoms with Crippen LogP contribution in [0.25, 0.3) is 0 Å². The van der Waals surface area contributed by atoms with E-state index in [1.807, 2.05) is 0 Å². The topological polar surface area (TPSA) is 24.9 Å². The summed E-state index contributed by atoms with van der Waals surface area (Å²) in [6, 6.07) is 0.610. The Bertz CT molecular complexity index is 330. The monoisotopic (exact) mass is 238 g/mol. The molecule has 90 valence electrons. The lowest BCUT2D eigenvalue weighted by atomic mass is 9.93. The van der Waals surface area contributed by atoms with Crippen molar-refractivity contribution in [2.45, 2.75) is 46.1 Å². The first kappa shape index (κ1) is 12.1. The summed E-state index contributed by atoms with van der Waals surface area (Å²) in [7, 11) is 0. The van der Waals surface area contributed by atoms with Crippen LogP contribution in [-0.2, 0) is 6.42 Å². The molecule has 1 saturated carbocycles. The lowest BCUT2D eigenvalue weighted by Gasteiger charge is -2.24. The molecule has 1 N–H and O–H groups in total. The zero-order chi connectivity index (χ0) is 11.5. The van der Waals surface area contributed by atoms with E-state index in [1.54, 1.807) is 11.3 Å². The molecular weight excluding hydrogens is 216 g/mol. The van der Waals surface area contributed by atoms with E-state index in [-0.39, 0.29) is 0 Å². The van der Waals surface area contributed by atoms with Gasteiger partial charge in [0.2, 0.25) is 0 Å². The minimum atomic E-state index is 0.610. The smallest absolute Gasteiger partial charge is 0.0897 e. The van der Waals surface area contributed by atoms with E-state index in [2.05, 4.69) is 36.5 Å². The molecule has 0 amide bonds. The van der Waals surface area contributed by atoms with Gasteiger partial charge in [0.1, 0.15) is 0 Å². The Kier molecular flexibility index (Phi) is 3.98. The van der Waals surface area contributed by atoms with Crippen molar-refractivity contribution in [1.29, 1.82) is 0 Å². The first-order valence-electron chi connectivity index (χ1n) is 6.35. The number of thiazole rings is 1. The molecule has 0 aliphatic heterocycles. The zero-order valence-corrected chi connectivity index (χ0v) is 11.3. The van der Waals surface area contributed by atoms with E-state index in [0.29, 0.717) is 6.04 Å². The third-order valence-corrected chi connectivity index (χ3v) is 4.38. The van der Waals surface area contributed by atoms with Crippen molar-refractivity contribution >= 4 is 11.3 Å². The van der Waals surface area contributed by atoms with Crippen molar-refractivity contribution in [1.82, 2.24) is 10.3 Å². The Morgan fingerprint density at radius 1 is 1.56 bits per heavy atom. The molecule has 0 aromatic carbocycles. The van der Waals surface area contributed by atoms with Crippen molar-refractivity contribution in [3.8, 4) is 0 Å². The fourth-order valence-electron chi connectivity index (χ4n) is 2.38. The number of likely N-dealkylation sites (N-methyl/N-ethyl adjacent to an activating group) is 1. The van der Waals surface area contributed by atoms with Crippen molar-refractivity contribution in [2.24, 2.45) is 11.8 Å². The van der Waals surface area contributed by atoms with Crippen molar-refractivity contribution in [3.05, 3.63) is 16.1 Å². The zero-order valence-electron chi connectivity index (χ0n) is 10.5. The second-order valence-corrected chi connectivity index (χ2v) is 5.98. The highest BCUT2D eigenvalue weighted by atomic mass is 32.1. The normalized spacial score (nSPS) is 19.7. The molecule has 0 bridgehead atoms. The SMILES string of the molecule is CCNC(Cc1csc(C)n1)C(C)C1CC1. The van der Waals surface area contributed by atoms with Crippen LogP contribution in [0, 0.1) is 18.8 Å². The molecule has 0 spiro atoms. The van der Waals surface area contributed by atoms with Gasteiger partial charge in [0.05, 0.1) is 10.7 Å². The van der Waals surface area contributed by atoms with Crippen LogP contribution in [0.3, 0.4) is 0 Å². The molecule has 2 rings (SSSR count). The van der Waals surface area contributed by atoms with E-state index in [1.165, 1.54) is 23.5 Å². The Hall–Kier alpha value is -0.410. The maximum absolute atomic E-state index is 4.57. The first-order chi connectivity index (χ1) is 7.70. The quantitative estimate of drug-likeness (QED) is 0.824. The number of rotatable bonds is 6. The van der Waals surface area contributed by atoms with Crippen LogP contribution in [0.4, 0.5) is 0 Å². The van der Waals surface area contributed by atoms with E-state index in [9.17, 15) is 0 Å². The molecule has 2 unspecified atom stereocenters. The fraction of sp³-hybridized carbons (Fsp3) is 0.769. The lowest BCUT2D eigenvalue weighted by molar-refractivity contribution is 0.343. The Morgan fingerprint density at radius 2 is 2.31 bits per heavy atom. The highest BCUT2D eigenvalue weighted by molar-refractivity contribution is 7.09. The molecule has 1 aromatic heterocycles. The van der Waals surface area contributed by atoms with Crippen LogP contribution in [0.15, 0.2) is 5.38 Å². The Morgan fingerprint density at radius 3 is 2.81 bits per heavy atom. The van der Waals surface area contributed by atoms with Crippen LogP contribution in [0.5, 0.6) is 0 Å². The average Bonchev–Trinajstić information content (AvgIpc) is 3.02. The van der Waals surface area contributed by atoms with Gasteiger partial charge in [-0.15, -0.1) is 11.3 Å². The summed E-state index contributed by atoms with van der Waals surface area (Å²) in [6.45, 7) is 7.73. The summed E-state index contributed by atoms with van der Waals surface area (Å²) in [6.07, 6.45) is 3.95. The highest BCUT2D eigenvalue weighted by Gasteiger charge is 2.33. The summed E-state index contributed by atoms with van der Waals surface area (Å²) >= 11 is 1.76. The molecule has 0 saturated heterocycles. The van der Waals surface area contributed by atoms with E-state index in [0.717, 1.165) is 24.8 Å². The van der Waals surface area contributed by atoms with Crippen LogP contribution in [0.1, 0.15) is 37.4 Å². The average molecular weight is 238 g/mol. The van der Waals surface area contributed by atoms with Gasteiger partial charge in [-0.25, -0.2) is 4.98 Å². The minimum absolute atomic E-state index is 0.610. The van der Waals surface area contributed by atoms with Crippen molar-refractivity contribution < 1.29 is 0 Å². The van der Waals surface area contributed by atoms with Gasteiger partial charge in [0.15, 0.2) is 0 Å². The predicted octanol–water partition coefficient (Wildman–Crippen LogP) is 3.02. The number of nitrogens with one attached hydrogen (secondary N) is 1. The summed E-state index contributed by atoms with van der Waals surface area (Å²) in [5.74, 6) is 1.76. The fourth-order valence-corrected chi connectivity index (χ4v) is 3.01. The third-order valence-electron chi connectivity index (χ3n) is 3.56. The summed E-state index contributed by atoms with van der Waals surface area (Å²) in [5.41, 5.74) is 1.26. The van der Waals surface area contributed by atoms with Gasteiger partial charge in [-0.2, -0.15) is 0 Å². The Balaban J connectivity index is 1.95. The standard InChI is InChI=1S/C13H22N2S/c1-4-14-13(9(2)11-5-6-11)7-12-8-16-10(3)15-12/h8-9,11,13-14H,4-7H2,1-3H3. The number of aryl methyl sites for hydroxylation is 1. The van der Waals surface area contributed by atoms with Crippen molar-refractivity contribution in [3.63, 3.8) is 0 Å². The van der Waals surface area contributed by atoms with Gasteiger partial charge in [0.25, 0.3) is 0 Å². The van der Waals surface area contributed by atoms with E-state index >= 15 is 0 Å². The maximum Gasteiger partial charge on any atom is 0.0897 e. The van der Waals surface area contributed by atoms with Gasteiger partial charge in [-0.3, -0.25) is 0 Å². The van der Waals surface area contributed by atoms with Crippen LogP contribution < -0.4 is 5.32 Å². The minimum Gasteiger partial charge on any atom is -0.314 e. The third kappa shape index (κ3) is 3.05. The van der Waals surface area contributed by atoms with Crippen molar-refractivity contribution in [2.75, 3.05) is 6.54 Å². The van der Waals surface area contributed by atoms with Crippen LogP contribution in [0.2, 0.25) is 0 Å². The molecule has 1 fully saturated rings. The summed E-state index contributed by atoms with van der Waals surface area (Å²) < 4.78 is 0. The second-order valence-electron chi connectivity index (χ2n) is 4.92. The number of hydrogen-bond acceptors (Lipinski definition) is 3. The van der Waals surface area contributed by atoms with E-state index in [4.69, 9.17) is 0 Å². The van der Waals surface area contributed by atoms with Gasteiger partial charge in [-0.05, 0) is 38.1 Å². The predicted molar refractivity (Wildman–Crippen MR) is 69.9 cm³/mol. The molecule has 1 heterocycles. The molecule has 3 heteroatoms. The van der Waals surface area contributed by atoms with Gasteiger partial charge in [0, 0.05) is 17.8 Å². The lowest BCUT2D eigenvalue weighted by Crippen LogP contribution is -2.37. The molecule has 2 nitrogen and oxygen atoms in total. The van der Waals surface area contributed by atoms with Crippen LogP contribution in [-0.4, -0.2) is 17.6 Å². The molecule has 2 atom stereocenters. The molecule has 1 aliphatic rings. The molecule has 1 aromatic rings. The summed E-state index contributed by atoms with van der Waals surface area (Å²) in [4.78, 5) is 4.57. The summed E-state index contributed by atoms with van der Waals surface area (Å²) in [5, 5.41) is 7.02. The van der Waals surface area contributed by atoms with Gasteiger partial charge in [-0.1, -0.05) is 13.8 Å². The Labute approximate surface area is 102 Å². The maximum atomic E-state index is 4.57. The highest BCUT2D eigenvalue weighted by Crippen LogP contribution is 2.38. The molecule has 0 radical (unpaired) electrons.